The molecule has 0 heterocycles. The molecule has 0 radical (unpaired) electrons. The van der Waals surface area contributed by atoms with Gasteiger partial charge in [-0.25, -0.2) is 13.1 Å². The van der Waals surface area contributed by atoms with Crippen LogP contribution in [0.25, 0.3) is 0 Å². The maximum absolute atomic E-state index is 12.2. The Morgan fingerprint density at radius 3 is 2.50 bits per heavy atom. The molecule has 1 aliphatic carbocycles. The minimum Gasteiger partial charge on any atom is -0.251 e. The quantitative estimate of drug-likeness (QED) is 0.740. The molecule has 0 spiro atoms. The van der Waals surface area contributed by atoms with Crippen molar-refractivity contribution in [2.24, 2.45) is 5.41 Å². The van der Waals surface area contributed by atoms with Crippen molar-refractivity contribution in [3.63, 3.8) is 0 Å². The summed E-state index contributed by atoms with van der Waals surface area (Å²) >= 11 is 0. The first-order valence-electron chi connectivity index (χ1n) is 4.72. The third-order valence-electron chi connectivity index (χ3n) is 2.91. The van der Waals surface area contributed by atoms with Crippen molar-refractivity contribution < 1.29 is 12.8 Å². The van der Waals surface area contributed by atoms with E-state index < -0.39 is 10.0 Å². The summed E-state index contributed by atoms with van der Waals surface area (Å²) in [6.45, 7) is 3.16. The Labute approximate surface area is 84.4 Å². The molecule has 1 saturated carbocycles. The predicted octanol–water partition coefficient (Wildman–Crippen LogP) is 1.58. The molecule has 0 atom stereocenters. The molecule has 1 aliphatic rings. The molecule has 0 aromatic heterocycles. The van der Waals surface area contributed by atoms with Gasteiger partial charge in [0, 0.05) is 12.0 Å². The highest BCUT2D eigenvalue weighted by Crippen LogP contribution is 2.43. The first-order chi connectivity index (χ1) is 6.54. The first kappa shape index (κ1) is 11.7. The van der Waals surface area contributed by atoms with Gasteiger partial charge in [0.15, 0.2) is 0 Å². The number of nitrogens with one attached hydrogen (secondary N) is 1. The first-order valence-corrected chi connectivity index (χ1v) is 6.26. The van der Waals surface area contributed by atoms with Crippen molar-refractivity contribution in [2.45, 2.75) is 25.7 Å². The molecule has 5 heteroatoms. The van der Waals surface area contributed by atoms with E-state index in [1.807, 2.05) is 0 Å². The molecule has 0 aliphatic heterocycles. The summed E-state index contributed by atoms with van der Waals surface area (Å²) in [5.74, 6) is 0. The lowest BCUT2D eigenvalue weighted by Crippen LogP contribution is -2.41. The summed E-state index contributed by atoms with van der Waals surface area (Å²) in [6, 6.07) is 0. The minimum absolute atomic E-state index is 0.134. The van der Waals surface area contributed by atoms with Crippen LogP contribution in [0.2, 0.25) is 0 Å². The molecule has 0 saturated heterocycles. The van der Waals surface area contributed by atoms with Crippen molar-refractivity contribution in [1.29, 1.82) is 0 Å². The third-order valence-corrected chi connectivity index (χ3v) is 3.89. The molecule has 0 amide bonds. The third kappa shape index (κ3) is 2.78. The molecule has 0 aromatic rings. The van der Waals surface area contributed by atoms with Gasteiger partial charge >= 0.3 is 0 Å². The Kier molecular flexibility index (Phi) is 3.66. The normalized spacial score (nSPS) is 20.1. The Bertz CT molecular complexity index is 296. The van der Waals surface area contributed by atoms with E-state index in [1.165, 1.54) is 0 Å². The zero-order valence-electron chi connectivity index (χ0n) is 8.13. The molecule has 1 rings (SSSR count). The van der Waals surface area contributed by atoms with Crippen molar-refractivity contribution in [2.75, 3.05) is 13.2 Å². The second-order valence-corrected chi connectivity index (χ2v) is 5.54. The largest absolute Gasteiger partial charge is 0.251 e. The maximum Gasteiger partial charge on any atom is 0.233 e. The number of hydrogen-bond donors (Lipinski definition) is 1. The van der Waals surface area contributed by atoms with Gasteiger partial charge in [-0.1, -0.05) is 13.0 Å². The Hall–Kier alpha value is -0.420. The molecule has 0 aromatic carbocycles. The Balaban J connectivity index is 2.46. The molecule has 0 unspecified atom stereocenters. The smallest absolute Gasteiger partial charge is 0.233 e. The lowest BCUT2D eigenvalue weighted by molar-refractivity contribution is 0.113. The fourth-order valence-electron chi connectivity index (χ4n) is 1.70. The molecule has 0 bridgehead atoms. The topological polar surface area (TPSA) is 46.2 Å². The van der Waals surface area contributed by atoms with Crippen LogP contribution in [-0.2, 0) is 10.0 Å². The van der Waals surface area contributed by atoms with E-state index in [0.717, 1.165) is 24.7 Å². The molecule has 1 fully saturated rings. The highest BCUT2D eigenvalue weighted by molar-refractivity contribution is 7.92. The number of sulfonamides is 1. The molecule has 3 nitrogen and oxygen atoms in total. The second kappa shape index (κ2) is 4.40. The van der Waals surface area contributed by atoms with E-state index in [-0.39, 0.29) is 12.1 Å². The van der Waals surface area contributed by atoms with Crippen LogP contribution in [0, 0.1) is 5.41 Å². The van der Waals surface area contributed by atoms with Crippen LogP contribution in [0.4, 0.5) is 4.39 Å². The molecule has 14 heavy (non-hydrogen) atoms. The fourth-order valence-corrected chi connectivity index (χ4v) is 2.33. The number of halogens is 1. The van der Waals surface area contributed by atoms with Gasteiger partial charge in [0.25, 0.3) is 0 Å². The van der Waals surface area contributed by atoms with E-state index in [4.69, 9.17) is 0 Å². The van der Waals surface area contributed by atoms with Gasteiger partial charge in [-0.3, -0.25) is 4.39 Å². The average Bonchev–Trinajstić information content (AvgIpc) is 2.09. The predicted molar refractivity (Wildman–Crippen MR) is 54.0 cm³/mol. The zero-order valence-corrected chi connectivity index (χ0v) is 8.95. The van der Waals surface area contributed by atoms with Gasteiger partial charge in [-0.05, 0) is 24.7 Å². The van der Waals surface area contributed by atoms with Gasteiger partial charge < -0.3 is 0 Å². The maximum atomic E-state index is 12.2. The van der Waals surface area contributed by atoms with E-state index in [9.17, 15) is 12.8 Å². The molecule has 1 N–H and O–H groups in total. The standard InChI is InChI=1S/C9H16FNO2S/c1-2-14(12,13)11-8-9(6-7-10)4-3-5-9/h2,11H,1,3-8H2. The van der Waals surface area contributed by atoms with E-state index in [2.05, 4.69) is 11.3 Å². The lowest BCUT2D eigenvalue weighted by Gasteiger charge is -2.41. The molecule has 82 valence electrons. The SMILES string of the molecule is C=CS(=O)(=O)NCC1(CCF)CCC1. The monoisotopic (exact) mass is 221 g/mol. The van der Waals surface area contributed by atoms with Crippen molar-refractivity contribution in [1.82, 2.24) is 4.72 Å². The second-order valence-electron chi connectivity index (χ2n) is 3.83. The van der Waals surface area contributed by atoms with Gasteiger partial charge in [0.05, 0.1) is 6.67 Å². The molecular weight excluding hydrogens is 205 g/mol. The van der Waals surface area contributed by atoms with Crippen LogP contribution in [0.5, 0.6) is 0 Å². The number of alkyl halides is 1. The zero-order chi connectivity index (χ0) is 10.7. The van der Waals surface area contributed by atoms with Gasteiger partial charge in [-0.15, -0.1) is 0 Å². The lowest BCUT2D eigenvalue weighted by atomic mass is 9.67. The highest BCUT2D eigenvalue weighted by atomic mass is 32.2. The van der Waals surface area contributed by atoms with Crippen LogP contribution in [-0.4, -0.2) is 21.6 Å². The van der Waals surface area contributed by atoms with Crippen LogP contribution in [0.1, 0.15) is 25.7 Å². The average molecular weight is 221 g/mol. The van der Waals surface area contributed by atoms with Gasteiger partial charge in [0.2, 0.25) is 10.0 Å². The highest BCUT2D eigenvalue weighted by Gasteiger charge is 2.36. The van der Waals surface area contributed by atoms with Crippen molar-refractivity contribution in [3.05, 3.63) is 12.0 Å². The minimum atomic E-state index is -3.36. The van der Waals surface area contributed by atoms with Gasteiger partial charge in [0.1, 0.15) is 0 Å². The van der Waals surface area contributed by atoms with Crippen LogP contribution in [0.3, 0.4) is 0 Å². The number of rotatable bonds is 6. The van der Waals surface area contributed by atoms with E-state index in [0.29, 0.717) is 13.0 Å². The van der Waals surface area contributed by atoms with Gasteiger partial charge in [-0.2, -0.15) is 0 Å². The fraction of sp³-hybridized carbons (Fsp3) is 0.778. The summed E-state index contributed by atoms with van der Waals surface area (Å²) in [6.07, 6.45) is 3.34. The summed E-state index contributed by atoms with van der Waals surface area (Å²) in [4.78, 5) is 0. The van der Waals surface area contributed by atoms with E-state index in [1.54, 1.807) is 0 Å². The summed E-state index contributed by atoms with van der Waals surface area (Å²) in [7, 11) is -3.36. The Morgan fingerprint density at radius 2 is 2.14 bits per heavy atom. The van der Waals surface area contributed by atoms with E-state index >= 15 is 0 Å². The van der Waals surface area contributed by atoms with Crippen LogP contribution < -0.4 is 4.72 Å². The molecular formula is C9H16FNO2S. The van der Waals surface area contributed by atoms with Crippen molar-refractivity contribution in [3.8, 4) is 0 Å². The summed E-state index contributed by atoms with van der Waals surface area (Å²) < 4.78 is 36.8. The van der Waals surface area contributed by atoms with Crippen LogP contribution >= 0.6 is 0 Å². The van der Waals surface area contributed by atoms with Crippen molar-refractivity contribution >= 4 is 10.0 Å². The van der Waals surface area contributed by atoms with Crippen LogP contribution in [0.15, 0.2) is 12.0 Å². The number of hydrogen-bond acceptors (Lipinski definition) is 2. The Morgan fingerprint density at radius 1 is 1.50 bits per heavy atom. The summed E-state index contributed by atoms with van der Waals surface area (Å²) in [5, 5.41) is 0.884. The summed E-state index contributed by atoms with van der Waals surface area (Å²) in [5.41, 5.74) is -0.134.